The number of nitrogens with zero attached hydrogens (tertiary/aromatic N) is 2. The first kappa shape index (κ1) is 21.4. The highest BCUT2D eigenvalue weighted by Crippen LogP contribution is 2.19. The normalized spacial score (nSPS) is 11.9. The number of amides is 1. The summed E-state index contributed by atoms with van der Waals surface area (Å²) in [6.45, 7) is 3.20. The van der Waals surface area contributed by atoms with Gasteiger partial charge in [0.15, 0.2) is 6.61 Å². The molecule has 0 saturated carbocycles. The number of nitrogens with one attached hydrogen (secondary N) is 1. The number of halogens is 2. The average molecular weight is 432 g/mol. The molecule has 1 atom stereocenters. The Morgan fingerprint density at radius 1 is 1.17 bits per heavy atom. The maximum Gasteiger partial charge on any atom is 0.329 e. The van der Waals surface area contributed by atoms with Crippen LogP contribution in [0.15, 0.2) is 53.1 Å². The Bertz CT molecular complexity index is 1040. The van der Waals surface area contributed by atoms with Crippen molar-refractivity contribution < 1.29 is 23.2 Å². The molecule has 3 aromatic rings. The SMILES string of the molecule is CC(C)C(NC(=O)c1ccccc1F)C(=O)OCc1nc(-c2ccc(Cl)cc2)no1. The van der Waals surface area contributed by atoms with Crippen molar-refractivity contribution in [3.63, 3.8) is 0 Å². The summed E-state index contributed by atoms with van der Waals surface area (Å²) in [7, 11) is 0. The zero-order chi connectivity index (χ0) is 21.7. The predicted molar refractivity (Wildman–Crippen MR) is 107 cm³/mol. The van der Waals surface area contributed by atoms with Crippen LogP contribution in [0.2, 0.25) is 5.02 Å². The van der Waals surface area contributed by atoms with Gasteiger partial charge in [0.2, 0.25) is 5.82 Å². The van der Waals surface area contributed by atoms with Crippen LogP contribution in [0.4, 0.5) is 4.39 Å². The Morgan fingerprint density at radius 3 is 2.53 bits per heavy atom. The number of hydrogen-bond donors (Lipinski definition) is 1. The smallest absolute Gasteiger partial charge is 0.329 e. The monoisotopic (exact) mass is 431 g/mol. The van der Waals surface area contributed by atoms with Crippen LogP contribution in [0.5, 0.6) is 0 Å². The van der Waals surface area contributed by atoms with Crippen LogP contribution < -0.4 is 5.32 Å². The van der Waals surface area contributed by atoms with E-state index in [0.29, 0.717) is 16.4 Å². The second-order valence-electron chi connectivity index (χ2n) is 6.80. The van der Waals surface area contributed by atoms with Crippen molar-refractivity contribution in [2.45, 2.75) is 26.5 Å². The van der Waals surface area contributed by atoms with Crippen molar-refractivity contribution in [3.05, 3.63) is 70.8 Å². The molecule has 0 aliphatic rings. The molecular weight excluding hydrogens is 413 g/mol. The van der Waals surface area contributed by atoms with Gasteiger partial charge in [0.25, 0.3) is 11.8 Å². The van der Waals surface area contributed by atoms with Crippen molar-refractivity contribution >= 4 is 23.5 Å². The average Bonchev–Trinajstić information content (AvgIpc) is 3.19. The molecule has 0 bridgehead atoms. The topological polar surface area (TPSA) is 94.3 Å². The van der Waals surface area contributed by atoms with E-state index in [-0.39, 0.29) is 24.0 Å². The fourth-order valence-corrected chi connectivity index (χ4v) is 2.74. The van der Waals surface area contributed by atoms with Crippen molar-refractivity contribution in [2.24, 2.45) is 5.92 Å². The first-order valence-electron chi connectivity index (χ1n) is 9.15. The zero-order valence-corrected chi connectivity index (χ0v) is 17.0. The van der Waals surface area contributed by atoms with Crippen molar-refractivity contribution in [2.75, 3.05) is 0 Å². The van der Waals surface area contributed by atoms with Crippen LogP contribution in [0.1, 0.15) is 30.1 Å². The van der Waals surface area contributed by atoms with E-state index in [2.05, 4.69) is 15.5 Å². The molecule has 0 saturated heterocycles. The van der Waals surface area contributed by atoms with Gasteiger partial charge < -0.3 is 14.6 Å². The standard InChI is InChI=1S/C21H19ClFN3O4/c1-12(2)18(25-20(27)15-5-3-4-6-16(15)23)21(28)29-11-17-24-19(26-30-17)13-7-9-14(22)10-8-13/h3-10,12,18H,11H2,1-2H3,(H,25,27). The summed E-state index contributed by atoms with van der Waals surface area (Å²) < 4.78 is 24.1. The molecular formula is C21H19ClFN3O4. The lowest BCUT2D eigenvalue weighted by atomic mass is 10.0. The van der Waals surface area contributed by atoms with Gasteiger partial charge in [0.1, 0.15) is 11.9 Å². The number of ether oxygens (including phenoxy) is 1. The van der Waals surface area contributed by atoms with Gasteiger partial charge in [-0.25, -0.2) is 9.18 Å². The van der Waals surface area contributed by atoms with Gasteiger partial charge in [0, 0.05) is 10.6 Å². The van der Waals surface area contributed by atoms with E-state index in [1.54, 1.807) is 38.1 Å². The van der Waals surface area contributed by atoms with Crippen LogP contribution in [-0.4, -0.2) is 28.1 Å². The number of carbonyl (C=O) groups excluding carboxylic acids is 2. The van der Waals surface area contributed by atoms with Crippen molar-refractivity contribution in [3.8, 4) is 11.4 Å². The van der Waals surface area contributed by atoms with Gasteiger partial charge in [-0.1, -0.05) is 42.7 Å². The second-order valence-corrected chi connectivity index (χ2v) is 7.24. The molecule has 1 amide bonds. The summed E-state index contributed by atoms with van der Waals surface area (Å²) in [6, 6.07) is 11.4. The molecule has 1 heterocycles. The molecule has 30 heavy (non-hydrogen) atoms. The molecule has 156 valence electrons. The Hall–Kier alpha value is -3.26. The minimum Gasteiger partial charge on any atom is -0.454 e. The molecule has 1 unspecified atom stereocenters. The van der Waals surface area contributed by atoms with Gasteiger partial charge in [-0.2, -0.15) is 4.98 Å². The highest BCUT2D eigenvalue weighted by Gasteiger charge is 2.27. The fourth-order valence-electron chi connectivity index (χ4n) is 2.61. The summed E-state index contributed by atoms with van der Waals surface area (Å²) in [5, 5.41) is 6.93. The van der Waals surface area contributed by atoms with Crippen LogP contribution in [0.3, 0.4) is 0 Å². The maximum atomic E-state index is 13.8. The lowest BCUT2D eigenvalue weighted by Gasteiger charge is -2.20. The van der Waals surface area contributed by atoms with E-state index >= 15 is 0 Å². The minimum absolute atomic E-state index is 0.0937. The first-order chi connectivity index (χ1) is 14.3. The van der Waals surface area contributed by atoms with E-state index < -0.39 is 23.7 Å². The number of benzene rings is 2. The summed E-state index contributed by atoms with van der Waals surface area (Å²) in [6.07, 6.45) is 0. The summed E-state index contributed by atoms with van der Waals surface area (Å²) in [5.41, 5.74) is 0.540. The number of carbonyl (C=O) groups is 2. The summed E-state index contributed by atoms with van der Waals surface area (Å²) in [5.74, 6) is -1.94. The lowest BCUT2D eigenvalue weighted by Crippen LogP contribution is -2.45. The quantitative estimate of drug-likeness (QED) is 0.567. The van der Waals surface area contributed by atoms with Crippen LogP contribution in [0, 0.1) is 11.7 Å². The largest absolute Gasteiger partial charge is 0.454 e. The third-order valence-corrected chi connectivity index (χ3v) is 4.49. The van der Waals surface area contributed by atoms with Gasteiger partial charge in [0.05, 0.1) is 5.56 Å². The predicted octanol–water partition coefficient (Wildman–Crippen LogP) is 4.03. The van der Waals surface area contributed by atoms with E-state index in [1.165, 1.54) is 24.3 Å². The maximum absolute atomic E-state index is 13.8. The fraction of sp³-hybridized carbons (Fsp3) is 0.238. The summed E-state index contributed by atoms with van der Waals surface area (Å²) in [4.78, 5) is 29.0. The summed E-state index contributed by atoms with van der Waals surface area (Å²) >= 11 is 5.86. The Labute approximate surface area is 177 Å². The van der Waals surface area contributed by atoms with Gasteiger partial charge >= 0.3 is 5.97 Å². The van der Waals surface area contributed by atoms with E-state index in [1.807, 2.05) is 0 Å². The lowest BCUT2D eigenvalue weighted by molar-refractivity contribution is -0.149. The van der Waals surface area contributed by atoms with Crippen LogP contribution in [-0.2, 0) is 16.1 Å². The molecule has 0 spiro atoms. The van der Waals surface area contributed by atoms with E-state index in [4.69, 9.17) is 20.9 Å². The number of esters is 1. The first-order valence-corrected chi connectivity index (χ1v) is 9.53. The highest BCUT2D eigenvalue weighted by molar-refractivity contribution is 6.30. The molecule has 3 rings (SSSR count). The molecule has 0 radical (unpaired) electrons. The van der Waals surface area contributed by atoms with Crippen LogP contribution >= 0.6 is 11.6 Å². The Balaban J connectivity index is 1.62. The third-order valence-electron chi connectivity index (χ3n) is 4.23. The van der Waals surface area contributed by atoms with Crippen molar-refractivity contribution in [1.82, 2.24) is 15.5 Å². The number of aromatic nitrogens is 2. The van der Waals surface area contributed by atoms with Gasteiger partial charge in [-0.3, -0.25) is 4.79 Å². The Morgan fingerprint density at radius 2 is 1.87 bits per heavy atom. The molecule has 7 nitrogen and oxygen atoms in total. The van der Waals surface area contributed by atoms with E-state index in [9.17, 15) is 14.0 Å². The molecule has 0 fully saturated rings. The highest BCUT2D eigenvalue weighted by atomic mass is 35.5. The third kappa shape index (κ3) is 5.21. The molecule has 1 N–H and O–H groups in total. The molecule has 9 heteroatoms. The molecule has 0 aliphatic carbocycles. The minimum atomic E-state index is -0.976. The van der Waals surface area contributed by atoms with Gasteiger partial charge in [-0.05, 0) is 42.3 Å². The molecule has 2 aromatic carbocycles. The van der Waals surface area contributed by atoms with E-state index in [0.717, 1.165) is 0 Å². The number of hydrogen-bond acceptors (Lipinski definition) is 6. The Kier molecular flexibility index (Phi) is 6.79. The van der Waals surface area contributed by atoms with Crippen LogP contribution in [0.25, 0.3) is 11.4 Å². The van der Waals surface area contributed by atoms with Gasteiger partial charge in [-0.15, -0.1) is 0 Å². The second kappa shape index (κ2) is 9.49. The number of rotatable bonds is 7. The molecule has 1 aromatic heterocycles. The molecule has 0 aliphatic heterocycles. The zero-order valence-electron chi connectivity index (χ0n) is 16.3. The van der Waals surface area contributed by atoms with Crippen molar-refractivity contribution in [1.29, 1.82) is 0 Å².